The zero-order valence-electron chi connectivity index (χ0n) is 14.8. The number of nitrogens with two attached hydrogens (primary N) is 1. The minimum atomic E-state index is -0.776. The van der Waals surface area contributed by atoms with Gasteiger partial charge < -0.3 is 10.5 Å². The normalized spacial score (nSPS) is 10.9. The van der Waals surface area contributed by atoms with Gasteiger partial charge >= 0.3 is 0 Å². The average molecular weight is 409 g/mol. The molecule has 0 radical (unpaired) electrons. The summed E-state index contributed by atoms with van der Waals surface area (Å²) in [5.74, 6) is -2.09. The summed E-state index contributed by atoms with van der Waals surface area (Å²) >= 11 is 6.12. The number of aromatic nitrogens is 1. The number of benzene rings is 2. The molecule has 0 fully saturated rings. The second-order valence-electron chi connectivity index (χ2n) is 6.08. The quantitative estimate of drug-likeness (QED) is 0.686. The predicted octanol–water partition coefficient (Wildman–Crippen LogP) is 4.25. The Kier molecular flexibility index (Phi) is 5.76. The molecule has 0 atom stereocenters. The van der Waals surface area contributed by atoms with Crippen molar-refractivity contribution in [1.29, 1.82) is 0 Å². The molecule has 146 valence electrons. The first-order chi connectivity index (χ1) is 13.3. The number of nitrogens with zero attached hydrogens (tertiary/aromatic N) is 1. The average Bonchev–Trinajstić information content (AvgIpc) is 2.66. The summed E-state index contributed by atoms with van der Waals surface area (Å²) in [5.41, 5.74) is 5.56. The number of rotatable bonds is 5. The Bertz CT molecular complexity index is 1100. The Labute approximate surface area is 163 Å². The van der Waals surface area contributed by atoms with Crippen molar-refractivity contribution in [2.24, 2.45) is 5.73 Å². The zero-order valence-corrected chi connectivity index (χ0v) is 15.6. The summed E-state index contributed by atoms with van der Waals surface area (Å²) in [6.45, 7) is 1.30. The largest absolute Gasteiger partial charge is 0.487 e. The Morgan fingerprint density at radius 1 is 1.11 bits per heavy atom. The molecular weight excluding hydrogens is 393 g/mol. The lowest BCUT2D eigenvalue weighted by Crippen LogP contribution is -2.23. The van der Waals surface area contributed by atoms with Crippen LogP contribution in [0.25, 0.3) is 5.69 Å². The van der Waals surface area contributed by atoms with Crippen LogP contribution in [0.15, 0.2) is 47.3 Å². The molecule has 0 unspecified atom stereocenters. The van der Waals surface area contributed by atoms with Gasteiger partial charge in [0.1, 0.15) is 29.0 Å². The molecule has 2 N–H and O–H groups in total. The number of hydrogen-bond acceptors (Lipinski definition) is 3. The van der Waals surface area contributed by atoms with Crippen LogP contribution in [0.3, 0.4) is 0 Å². The van der Waals surface area contributed by atoms with E-state index in [0.29, 0.717) is 5.69 Å². The van der Waals surface area contributed by atoms with Gasteiger partial charge in [0, 0.05) is 35.5 Å². The first kappa shape index (κ1) is 20.0. The molecule has 0 saturated carbocycles. The predicted molar refractivity (Wildman–Crippen MR) is 100 cm³/mol. The van der Waals surface area contributed by atoms with Crippen LogP contribution in [0, 0.1) is 24.4 Å². The van der Waals surface area contributed by atoms with Crippen LogP contribution in [0.2, 0.25) is 5.02 Å². The van der Waals surface area contributed by atoms with Crippen LogP contribution >= 0.6 is 11.6 Å². The fourth-order valence-corrected chi connectivity index (χ4v) is 2.97. The first-order valence-corrected chi connectivity index (χ1v) is 8.68. The van der Waals surface area contributed by atoms with E-state index in [2.05, 4.69) is 0 Å². The molecule has 2 aromatic carbocycles. The zero-order chi connectivity index (χ0) is 20.4. The maximum Gasteiger partial charge on any atom is 0.277 e. The first-order valence-electron chi connectivity index (χ1n) is 8.30. The molecule has 4 nitrogen and oxygen atoms in total. The highest BCUT2D eigenvalue weighted by molar-refractivity contribution is 6.31. The number of hydrogen-bond donors (Lipinski definition) is 1. The Hall–Kier alpha value is -2.77. The number of halogens is 4. The highest BCUT2D eigenvalue weighted by Crippen LogP contribution is 2.26. The van der Waals surface area contributed by atoms with Gasteiger partial charge in [-0.3, -0.25) is 9.36 Å². The molecule has 0 saturated heterocycles. The molecule has 8 heteroatoms. The summed E-state index contributed by atoms with van der Waals surface area (Å²) in [5, 5.41) is -0.286. The van der Waals surface area contributed by atoms with E-state index in [9.17, 15) is 18.0 Å². The van der Waals surface area contributed by atoms with Crippen LogP contribution in [0.5, 0.6) is 5.75 Å². The second kappa shape index (κ2) is 8.08. The van der Waals surface area contributed by atoms with E-state index in [1.165, 1.54) is 24.3 Å². The van der Waals surface area contributed by atoms with Crippen molar-refractivity contribution in [2.45, 2.75) is 20.1 Å². The summed E-state index contributed by atoms with van der Waals surface area (Å²) in [4.78, 5) is 12.7. The van der Waals surface area contributed by atoms with Gasteiger partial charge in [0.05, 0.1) is 5.69 Å². The third-order valence-electron chi connectivity index (χ3n) is 4.22. The van der Waals surface area contributed by atoms with Crippen LogP contribution in [0.1, 0.15) is 16.8 Å². The molecule has 3 rings (SSSR count). The highest BCUT2D eigenvalue weighted by atomic mass is 35.5. The smallest absolute Gasteiger partial charge is 0.277 e. The van der Waals surface area contributed by atoms with Crippen molar-refractivity contribution in [3.8, 4) is 11.4 Å². The van der Waals surface area contributed by atoms with E-state index < -0.39 is 23.0 Å². The second-order valence-corrected chi connectivity index (χ2v) is 6.46. The van der Waals surface area contributed by atoms with Gasteiger partial charge in [0.2, 0.25) is 0 Å². The van der Waals surface area contributed by atoms with Crippen molar-refractivity contribution in [1.82, 2.24) is 4.57 Å². The Morgan fingerprint density at radius 3 is 2.54 bits per heavy atom. The van der Waals surface area contributed by atoms with Crippen molar-refractivity contribution in [3.63, 3.8) is 0 Å². The van der Waals surface area contributed by atoms with Gasteiger partial charge in [0.15, 0.2) is 5.82 Å². The van der Waals surface area contributed by atoms with Crippen molar-refractivity contribution in [2.75, 3.05) is 0 Å². The van der Waals surface area contributed by atoms with Crippen molar-refractivity contribution >= 4 is 11.6 Å². The van der Waals surface area contributed by atoms with Crippen LogP contribution < -0.4 is 16.0 Å². The standard InChI is InChI=1S/C20H16ClF3N2O2/c1-11-7-17(28-10-13-5-6-14(22)8-15(13)23)18(21)20(27)26(11)16-4-2-3-12(9-25)19(16)24/h2-8H,9-10,25H2,1H3. The third kappa shape index (κ3) is 3.76. The van der Waals surface area contributed by atoms with Gasteiger partial charge in [-0.1, -0.05) is 23.7 Å². The molecule has 0 aliphatic carbocycles. The lowest BCUT2D eigenvalue weighted by atomic mass is 10.1. The molecule has 0 spiro atoms. The molecule has 0 bridgehead atoms. The lowest BCUT2D eigenvalue weighted by Gasteiger charge is -2.16. The monoisotopic (exact) mass is 408 g/mol. The lowest BCUT2D eigenvalue weighted by molar-refractivity contribution is 0.298. The van der Waals surface area contributed by atoms with E-state index in [-0.39, 0.29) is 40.7 Å². The Balaban J connectivity index is 1.98. The van der Waals surface area contributed by atoms with Crippen molar-refractivity contribution in [3.05, 3.63) is 92.1 Å². The maximum atomic E-state index is 14.6. The maximum absolute atomic E-state index is 14.6. The van der Waals surface area contributed by atoms with Gasteiger partial charge in [-0.25, -0.2) is 13.2 Å². The number of aryl methyl sites for hydroxylation is 1. The van der Waals surface area contributed by atoms with E-state index >= 15 is 0 Å². The third-order valence-corrected chi connectivity index (χ3v) is 4.57. The molecule has 0 aliphatic heterocycles. The van der Waals surface area contributed by atoms with E-state index in [1.807, 2.05) is 0 Å². The molecule has 0 aliphatic rings. The van der Waals surface area contributed by atoms with Crippen LogP contribution in [0.4, 0.5) is 13.2 Å². The SMILES string of the molecule is Cc1cc(OCc2ccc(F)cc2F)c(Cl)c(=O)n1-c1cccc(CN)c1F. The molecule has 1 aromatic heterocycles. The van der Waals surface area contributed by atoms with Crippen LogP contribution in [-0.2, 0) is 13.2 Å². The van der Waals surface area contributed by atoms with Crippen LogP contribution in [-0.4, -0.2) is 4.57 Å². The topological polar surface area (TPSA) is 57.2 Å². The van der Waals surface area contributed by atoms with Gasteiger partial charge in [-0.2, -0.15) is 0 Å². The van der Waals surface area contributed by atoms with E-state index in [1.54, 1.807) is 13.0 Å². The molecule has 1 heterocycles. The number of pyridine rings is 1. The fourth-order valence-electron chi connectivity index (χ4n) is 2.78. The Morgan fingerprint density at radius 2 is 1.86 bits per heavy atom. The fraction of sp³-hybridized carbons (Fsp3) is 0.150. The summed E-state index contributed by atoms with van der Waals surface area (Å²) in [6.07, 6.45) is 0. The molecule has 0 amide bonds. The summed E-state index contributed by atoms with van der Waals surface area (Å²) < 4.78 is 47.9. The summed E-state index contributed by atoms with van der Waals surface area (Å²) in [7, 11) is 0. The van der Waals surface area contributed by atoms with Gasteiger partial charge in [-0.15, -0.1) is 0 Å². The van der Waals surface area contributed by atoms with Gasteiger partial charge in [-0.05, 0) is 25.1 Å². The minimum Gasteiger partial charge on any atom is -0.487 e. The van der Waals surface area contributed by atoms with Crippen molar-refractivity contribution < 1.29 is 17.9 Å². The van der Waals surface area contributed by atoms with Gasteiger partial charge in [0.25, 0.3) is 5.56 Å². The summed E-state index contributed by atoms with van der Waals surface area (Å²) in [6, 6.07) is 9.06. The highest BCUT2D eigenvalue weighted by Gasteiger charge is 2.18. The molecule has 28 heavy (non-hydrogen) atoms. The molecular formula is C20H16ClF3N2O2. The minimum absolute atomic E-state index is 0.0135. The number of ether oxygens (including phenoxy) is 1. The van der Waals surface area contributed by atoms with E-state index in [4.69, 9.17) is 22.1 Å². The van der Waals surface area contributed by atoms with E-state index in [0.717, 1.165) is 16.7 Å². The molecule has 3 aromatic rings.